The van der Waals surface area contributed by atoms with Crippen molar-refractivity contribution >= 4 is 28.9 Å². The molecule has 4 N–H and O–H groups in total. The minimum atomic E-state index is -0.558. The number of nitrogen functional groups attached to an aromatic ring is 1. The van der Waals surface area contributed by atoms with Crippen molar-refractivity contribution in [2.75, 3.05) is 12.8 Å². The van der Waals surface area contributed by atoms with E-state index in [1.807, 2.05) is 24.4 Å². The minimum absolute atomic E-state index is 0.0631. The fourth-order valence-corrected chi connectivity index (χ4v) is 3.51. The Hall–Kier alpha value is -2.41. The zero-order valence-corrected chi connectivity index (χ0v) is 13.2. The predicted octanol–water partition coefficient (Wildman–Crippen LogP) is 1.99. The summed E-state index contributed by atoms with van der Waals surface area (Å²) in [6, 6.07) is 3.90. The number of carbonyl (C=O) groups is 1. The summed E-state index contributed by atoms with van der Waals surface area (Å²) < 4.78 is 0. The molecule has 3 heterocycles. The molecular weight excluding hydrogens is 298 g/mol. The van der Waals surface area contributed by atoms with Gasteiger partial charge in [-0.25, -0.2) is 0 Å². The van der Waals surface area contributed by atoms with E-state index in [1.165, 1.54) is 4.90 Å². The summed E-state index contributed by atoms with van der Waals surface area (Å²) in [5.41, 5.74) is 7.79. The summed E-state index contributed by atoms with van der Waals surface area (Å²) in [5, 5.41) is 13.0. The zero-order chi connectivity index (χ0) is 15.9. The first-order valence-corrected chi connectivity index (χ1v) is 7.70. The van der Waals surface area contributed by atoms with Gasteiger partial charge >= 0.3 is 0 Å². The molecule has 1 amide bonds. The van der Waals surface area contributed by atoms with Crippen LogP contribution in [0, 0.1) is 5.41 Å². The number of hydrogen-bond donors (Lipinski definition) is 3. The molecule has 1 aliphatic rings. The molecule has 22 heavy (non-hydrogen) atoms. The molecular formula is C15H17N5OS. The standard InChI is InChI=1S/C15H17N5OS/c1-15(5-13(21)20(2)14(17)19-15)12-4-10(8-22-12)9-3-11(16)7-18-6-9/h3-4,6-8H,5,16H2,1-2H3,(H2,17,19)/t15-/m0/s1. The van der Waals surface area contributed by atoms with Crippen LogP contribution in [0.5, 0.6) is 0 Å². The number of guanidine groups is 1. The van der Waals surface area contributed by atoms with Crippen molar-refractivity contribution in [3.05, 3.63) is 34.8 Å². The molecule has 0 aliphatic carbocycles. The molecule has 1 saturated heterocycles. The number of nitrogens with one attached hydrogen (secondary N) is 2. The van der Waals surface area contributed by atoms with Gasteiger partial charge in [0.25, 0.3) is 0 Å². The van der Waals surface area contributed by atoms with Crippen molar-refractivity contribution in [3.63, 3.8) is 0 Å². The van der Waals surface area contributed by atoms with Gasteiger partial charge in [-0.05, 0) is 30.0 Å². The molecule has 2 aromatic heterocycles. The summed E-state index contributed by atoms with van der Waals surface area (Å²) in [6.45, 7) is 1.94. The van der Waals surface area contributed by atoms with Gasteiger partial charge in [-0.3, -0.25) is 20.1 Å². The van der Waals surface area contributed by atoms with E-state index < -0.39 is 5.54 Å². The van der Waals surface area contributed by atoms with E-state index >= 15 is 0 Å². The van der Waals surface area contributed by atoms with Crippen molar-refractivity contribution in [2.24, 2.45) is 0 Å². The summed E-state index contributed by atoms with van der Waals surface area (Å²) in [7, 11) is 1.61. The molecule has 0 saturated carbocycles. The molecule has 114 valence electrons. The van der Waals surface area contributed by atoms with Crippen molar-refractivity contribution < 1.29 is 4.79 Å². The number of carbonyl (C=O) groups excluding carboxylic acids is 1. The Bertz CT molecular complexity index is 736. The molecule has 0 radical (unpaired) electrons. The number of pyridine rings is 1. The summed E-state index contributed by atoms with van der Waals surface area (Å²) in [5.74, 6) is 0.0612. The van der Waals surface area contributed by atoms with E-state index in [1.54, 1.807) is 30.8 Å². The Morgan fingerprint density at radius 2 is 2.18 bits per heavy atom. The Kier molecular flexibility index (Phi) is 3.37. The smallest absolute Gasteiger partial charge is 0.231 e. The summed E-state index contributed by atoms with van der Waals surface area (Å²) >= 11 is 1.56. The lowest BCUT2D eigenvalue weighted by atomic mass is 9.92. The SMILES string of the molecule is CN1C(=N)N[C@](C)(c2cc(-c3cncc(N)c3)cs2)CC1=O. The number of nitrogens with zero attached hydrogens (tertiary/aromatic N) is 2. The molecule has 0 spiro atoms. The van der Waals surface area contributed by atoms with Gasteiger partial charge in [0.2, 0.25) is 5.91 Å². The largest absolute Gasteiger partial charge is 0.397 e. The van der Waals surface area contributed by atoms with E-state index in [4.69, 9.17) is 11.1 Å². The third kappa shape index (κ3) is 2.43. The highest BCUT2D eigenvalue weighted by atomic mass is 32.1. The Balaban J connectivity index is 1.93. The monoisotopic (exact) mass is 315 g/mol. The molecule has 0 bridgehead atoms. The lowest BCUT2D eigenvalue weighted by Gasteiger charge is -2.38. The van der Waals surface area contributed by atoms with Gasteiger partial charge < -0.3 is 11.1 Å². The van der Waals surface area contributed by atoms with E-state index in [0.29, 0.717) is 12.1 Å². The Morgan fingerprint density at radius 1 is 1.41 bits per heavy atom. The van der Waals surface area contributed by atoms with Gasteiger partial charge in [-0.1, -0.05) is 0 Å². The maximum Gasteiger partial charge on any atom is 0.231 e. The highest BCUT2D eigenvalue weighted by molar-refractivity contribution is 7.10. The van der Waals surface area contributed by atoms with Crippen LogP contribution in [0.2, 0.25) is 0 Å². The molecule has 2 aromatic rings. The topological polar surface area (TPSA) is 95.1 Å². The molecule has 0 aromatic carbocycles. The van der Waals surface area contributed by atoms with Crippen LogP contribution in [0.3, 0.4) is 0 Å². The fraction of sp³-hybridized carbons (Fsp3) is 0.267. The maximum atomic E-state index is 12.0. The van der Waals surface area contributed by atoms with Crippen molar-refractivity contribution in [1.29, 1.82) is 5.41 Å². The number of anilines is 1. The first-order valence-electron chi connectivity index (χ1n) is 6.82. The van der Waals surface area contributed by atoms with Crippen molar-refractivity contribution in [2.45, 2.75) is 18.9 Å². The Labute approximate surface area is 132 Å². The normalized spacial score (nSPS) is 21.8. The van der Waals surface area contributed by atoms with Crippen LogP contribution in [0.4, 0.5) is 5.69 Å². The average molecular weight is 315 g/mol. The second-order valence-corrected chi connectivity index (χ2v) is 6.55. The summed E-state index contributed by atoms with van der Waals surface area (Å²) in [4.78, 5) is 18.5. The predicted molar refractivity (Wildman–Crippen MR) is 87.6 cm³/mol. The number of nitrogens with two attached hydrogens (primary N) is 1. The van der Waals surface area contributed by atoms with Crippen LogP contribution in [-0.2, 0) is 10.3 Å². The van der Waals surface area contributed by atoms with E-state index in [2.05, 4.69) is 10.3 Å². The average Bonchev–Trinajstić information content (AvgIpc) is 2.95. The quantitative estimate of drug-likeness (QED) is 0.790. The van der Waals surface area contributed by atoms with Crippen molar-refractivity contribution in [1.82, 2.24) is 15.2 Å². The lowest BCUT2D eigenvalue weighted by Crippen LogP contribution is -2.57. The molecule has 0 unspecified atom stereocenters. The van der Waals surface area contributed by atoms with Crippen LogP contribution < -0.4 is 11.1 Å². The second kappa shape index (κ2) is 5.10. The Morgan fingerprint density at radius 3 is 2.86 bits per heavy atom. The van der Waals surface area contributed by atoms with Gasteiger partial charge in [0.05, 0.1) is 17.6 Å². The number of rotatable bonds is 2. The third-order valence-electron chi connectivity index (χ3n) is 3.84. The van der Waals surface area contributed by atoms with E-state index in [-0.39, 0.29) is 11.9 Å². The minimum Gasteiger partial charge on any atom is -0.397 e. The van der Waals surface area contributed by atoms with Gasteiger partial charge in [-0.2, -0.15) is 0 Å². The molecule has 1 atom stereocenters. The molecule has 3 rings (SSSR count). The van der Waals surface area contributed by atoms with Crippen molar-refractivity contribution in [3.8, 4) is 11.1 Å². The number of aromatic nitrogens is 1. The van der Waals surface area contributed by atoms with Crippen LogP contribution >= 0.6 is 11.3 Å². The molecule has 1 aliphatic heterocycles. The van der Waals surface area contributed by atoms with Crippen LogP contribution in [0.25, 0.3) is 11.1 Å². The van der Waals surface area contributed by atoms with Crippen LogP contribution in [0.1, 0.15) is 18.2 Å². The number of hydrogen-bond acceptors (Lipinski definition) is 5. The van der Waals surface area contributed by atoms with E-state index in [0.717, 1.165) is 16.0 Å². The highest BCUT2D eigenvalue weighted by Crippen LogP contribution is 2.36. The van der Waals surface area contributed by atoms with E-state index in [9.17, 15) is 4.79 Å². The first kappa shape index (κ1) is 14.5. The zero-order valence-electron chi connectivity index (χ0n) is 12.4. The number of thiophene rings is 1. The van der Waals surface area contributed by atoms with Gasteiger partial charge in [0.1, 0.15) is 0 Å². The lowest BCUT2D eigenvalue weighted by molar-refractivity contribution is -0.129. The van der Waals surface area contributed by atoms with Gasteiger partial charge in [-0.15, -0.1) is 11.3 Å². The fourth-order valence-electron chi connectivity index (χ4n) is 2.48. The molecule has 6 nitrogen and oxygen atoms in total. The highest BCUT2D eigenvalue weighted by Gasteiger charge is 2.38. The second-order valence-electron chi connectivity index (χ2n) is 5.64. The van der Waals surface area contributed by atoms with Gasteiger partial charge in [0, 0.05) is 29.9 Å². The first-order chi connectivity index (χ1) is 10.4. The van der Waals surface area contributed by atoms with Gasteiger partial charge in [0.15, 0.2) is 5.96 Å². The van der Waals surface area contributed by atoms with Crippen LogP contribution in [0.15, 0.2) is 29.9 Å². The molecule has 1 fully saturated rings. The molecule has 7 heteroatoms. The van der Waals surface area contributed by atoms with Crippen LogP contribution in [-0.4, -0.2) is 28.8 Å². The summed E-state index contributed by atoms with van der Waals surface area (Å²) in [6.07, 6.45) is 3.69. The third-order valence-corrected chi connectivity index (χ3v) is 5.04. The number of amides is 1. The maximum absolute atomic E-state index is 12.0.